The second kappa shape index (κ2) is 5.56. The molecule has 0 aliphatic rings. The van der Waals surface area contributed by atoms with Gasteiger partial charge in [-0.25, -0.2) is 0 Å². The lowest BCUT2D eigenvalue weighted by Gasteiger charge is -2.08. The number of hydrazine groups is 1. The summed E-state index contributed by atoms with van der Waals surface area (Å²) in [5.74, 6) is -0.149. The summed E-state index contributed by atoms with van der Waals surface area (Å²) in [5.41, 5.74) is 6.91. The average Bonchev–Trinajstić information content (AvgIpc) is 2.26. The number of hydrogen-bond acceptors (Lipinski definition) is 2. The number of rotatable bonds is 3. The Morgan fingerprint density at radius 3 is 2.40 bits per heavy atom. The molecule has 2 N–H and O–H groups in total. The van der Waals surface area contributed by atoms with Gasteiger partial charge in [0.1, 0.15) is 0 Å². The van der Waals surface area contributed by atoms with E-state index in [2.05, 4.69) is 26.8 Å². The van der Waals surface area contributed by atoms with E-state index in [1.54, 1.807) is 12.1 Å². The third-order valence-corrected chi connectivity index (χ3v) is 2.44. The summed E-state index contributed by atoms with van der Waals surface area (Å²) >= 11 is 3.31. The maximum Gasteiger partial charge on any atom is 0.269 e. The van der Waals surface area contributed by atoms with Crippen LogP contribution in [0.4, 0.5) is 0 Å². The third-order valence-electron chi connectivity index (χ3n) is 1.91. The summed E-state index contributed by atoms with van der Waals surface area (Å²) in [7, 11) is 0. The summed E-state index contributed by atoms with van der Waals surface area (Å²) in [6.45, 7) is 3.77. The lowest BCUT2D eigenvalue weighted by atomic mass is 10.2. The Morgan fingerprint density at radius 2 is 1.87 bits per heavy atom. The van der Waals surface area contributed by atoms with Gasteiger partial charge in [0.05, 0.1) is 0 Å². The van der Waals surface area contributed by atoms with Gasteiger partial charge in [-0.1, -0.05) is 22.0 Å². The maximum absolute atomic E-state index is 11.6. The van der Waals surface area contributed by atoms with Crippen molar-refractivity contribution in [1.29, 1.82) is 0 Å². The van der Waals surface area contributed by atoms with Gasteiger partial charge in [0.25, 0.3) is 5.91 Å². The fourth-order valence-corrected chi connectivity index (χ4v) is 1.17. The van der Waals surface area contributed by atoms with Crippen LogP contribution in [-0.2, 0) is 0 Å². The average molecular weight is 269 g/mol. The van der Waals surface area contributed by atoms with Crippen LogP contribution in [-0.4, -0.2) is 5.91 Å². The Balaban J connectivity index is 2.58. The SMILES string of the molecule is CC=C(C)NNC(=O)c1ccc(Br)cc1. The molecule has 0 saturated heterocycles. The van der Waals surface area contributed by atoms with E-state index < -0.39 is 0 Å². The molecule has 80 valence electrons. The highest BCUT2D eigenvalue weighted by Crippen LogP contribution is 2.10. The van der Waals surface area contributed by atoms with Gasteiger partial charge >= 0.3 is 0 Å². The Labute approximate surface area is 97.7 Å². The van der Waals surface area contributed by atoms with Gasteiger partial charge in [0, 0.05) is 15.7 Å². The van der Waals surface area contributed by atoms with Crippen LogP contribution < -0.4 is 10.9 Å². The number of hydrogen-bond donors (Lipinski definition) is 2. The lowest BCUT2D eigenvalue weighted by molar-refractivity contribution is 0.0939. The quantitative estimate of drug-likeness (QED) is 0.828. The second-order valence-corrected chi connectivity index (χ2v) is 3.97. The minimum Gasteiger partial charge on any atom is -0.303 e. The van der Waals surface area contributed by atoms with Crippen LogP contribution in [0.25, 0.3) is 0 Å². The molecule has 0 fully saturated rings. The first-order valence-corrected chi connectivity index (χ1v) is 5.37. The molecule has 0 radical (unpaired) electrons. The first kappa shape index (κ1) is 11.8. The van der Waals surface area contributed by atoms with Crippen LogP contribution in [0.2, 0.25) is 0 Å². The van der Waals surface area contributed by atoms with E-state index in [1.807, 2.05) is 32.1 Å². The van der Waals surface area contributed by atoms with Gasteiger partial charge in [0.15, 0.2) is 0 Å². The normalized spacial score (nSPS) is 11.0. The second-order valence-electron chi connectivity index (χ2n) is 3.06. The molecule has 0 aliphatic heterocycles. The molecule has 0 unspecified atom stereocenters. The number of carbonyl (C=O) groups excluding carboxylic acids is 1. The predicted octanol–water partition coefficient (Wildman–Crippen LogP) is 2.61. The van der Waals surface area contributed by atoms with E-state index in [0.29, 0.717) is 5.56 Å². The number of allylic oxidation sites excluding steroid dienone is 2. The Morgan fingerprint density at radius 1 is 1.27 bits per heavy atom. The molecule has 15 heavy (non-hydrogen) atoms. The molecule has 0 saturated carbocycles. The van der Waals surface area contributed by atoms with Crippen LogP contribution in [0.1, 0.15) is 24.2 Å². The molecule has 4 heteroatoms. The summed E-state index contributed by atoms with van der Waals surface area (Å²) in [6, 6.07) is 7.17. The third kappa shape index (κ3) is 3.75. The molecule has 1 aromatic rings. The zero-order valence-electron chi connectivity index (χ0n) is 8.67. The van der Waals surface area contributed by atoms with Gasteiger partial charge in [-0.2, -0.15) is 0 Å². The van der Waals surface area contributed by atoms with Gasteiger partial charge in [-0.3, -0.25) is 10.2 Å². The van der Waals surface area contributed by atoms with E-state index in [9.17, 15) is 4.79 Å². The molecule has 1 amide bonds. The predicted molar refractivity (Wildman–Crippen MR) is 64.2 cm³/mol. The highest BCUT2D eigenvalue weighted by atomic mass is 79.9. The largest absolute Gasteiger partial charge is 0.303 e. The van der Waals surface area contributed by atoms with Crippen molar-refractivity contribution in [2.75, 3.05) is 0 Å². The molecule has 0 aliphatic carbocycles. The van der Waals surface area contributed by atoms with Crippen molar-refractivity contribution in [2.24, 2.45) is 0 Å². The molecular formula is C11H13BrN2O. The minimum absolute atomic E-state index is 0.149. The van der Waals surface area contributed by atoms with Crippen molar-refractivity contribution in [2.45, 2.75) is 13.8 Å². The van der Waals surface area contributed by atoms with Crippen molar-refractivity contribution < 1.29 is 4.79 Å². The maximum atomic E-state index is 11.6. The zero-order chi connectivity index (χ0) is 11.3. The van der Waals surface area contributed by atoms with Gasteiger partial charge in [0.2, 0.25) is 0 Å². The highest BCUT2D eigenvalue weighted by Gasteiger charge is 2.03. The number of nitrogens with one attached hydrogen (secondary N) is 2. The summed E-state index contributed by atoms with van der Waals surface area (Å²) in [6.07, 6.45) is 1.88. The van der Waals surface area contributed by atoms with Crippen molar-refractivity contribution in [3.05, 3.63) is 46.1 Å². The monoisotopic (exact) mass is 268 g/mol. The summed E-state index contributed by atoms with van der Waals surface area (Å²) < 4.78 is 0.955. The summed E-state index contributed by atoms with van der Waals surface area (Å²) in [5, 5.41) is 0. The number of benzene rings is 1. The fourth-order valence-electron chi connectivity index (χ4n) is 0.901. The van der Waals surface area contributed by atoms with Crippen molar-refractivity contribution >= 4 is 21.8 Å². The van der Waals surface area contributed by atoms with Crippen molar-refractivity contribution in [3.8, 4) is 0 Å². The summed E-state index contributed by atoms with van der Waals surface area (Å²) in [4.78, 5) is 11.6. The van der Waals surface area contributed by atoms with Gasteiger partial charge in [-0.15, -0.1) is 0 Å². The van der Waals surface area contributed by atoms with Gasteiger partial charge < -0.3 is 5.43 Å². The Bertz CT molecular complexity index is 371. The molecule has 0 spiro atoms. The molecular weight excluding hydrogens is 256 g/mol. The zero-order valence-corrected chi connectivity index (χ0v) is 10.3. The van der Waals surface area contributed by atoms with Crippen LogP contribution in [0.15, 0.2) is 40.5 Å². The van der Waals surface area contributed by atoms with Crippen LogP contribution in [0.5, 0.6) is 0 Å². The van der Waals surface area contributed by atoms with Crippen LogP contribution >= 0.6 is 15.9 Å². The Hall–Kier alpha value is -1.29. The van der Waals surface area contributed by atoms with Crippen molar-refractivity contribution in [1.82, 2.24) is 10.9 Å². The molecule has 0 heterocycles. The first-order chi connectivity index (χ1) is 7.13. The van der Waals surface area contributed by atoms with Crippen LogP contribution in [0, 0.1) is 0 Å². The topological polar surface area (TPSA) is 41.1 Å². The lowest BCUT2D eigenvalue weighted by Crippen LogP contribution is -2.35. The Kier molecular flexibility index (Phi) is 4.37. The van der Waals surface area contributed by atoms with Gasteiger partial charge in [-0.05, 0) is 38.1 Å². The molecule has 0 aromatic heterocycles. The molecule has 3 nitrogen and oxygen atoms in total. The smallest absolute Gasteiger partial charge is 0.269 e. The van der Waals surface area contributed by atoms with E-state index in [-0.39, 0.29) is 5.91 Å². The minimum atomic E-state index is -0.149. The van der Waals surface area contributed by atoms with E-state index >= 15 is 0 Å². The van der Waals surface area contributed by atoms with E-state index in [4.69, 9.17) is 0 Å². The van der Waals surface area contributed by atoms with E-state index in [1.165, 1.54) is 0 Å². The molecule has 0 bridgehead atoms. The van der Waals surface area contributed by atoms with Crippen molar-refractivity contribution in [3.63, 3.8) is 0 Å². The number of halogens is 1. The number of amides is 1. The molecule has 0 atom stereocenters. The highest BCUT2D eigenvalue weighted by molar-refractivity contribution is 9.10. The number of carbonyl (C=O) groups is 1. The standard InChI is InChI=1S/C11H13BrN2O/c1-3-8(2)13-14-11(15)9-4-6-10(12)7-5-9/h3-7,13H,1-2H3,(H,14,15). The fraction of sp³-hybridized carbons (Fsp3) is 0.182. The first-order valence-electron chi connectivity index (χ1n) is 4.58. The van der Waals surface area contributed by atoms with E-state index in [0.717, 1.165) is 10.2 Å². The molecule has 1 aromatic carbocycles. The molecule has 1 rings (SSSR count). The van der Waals surface area contributed by atoms with Crippen LogP contribution in [0.3, 0.4) is 0 Å².